The number of carbonyl (C=O) groups is 2. The van der Waals surface area contributed by atoms with Crippen LogP contribution in [0.1, 0.15) is 5.56 Å². The zero-order valence-corrected chi connectivity index (χ0v) is 6.77. The molecule has 0 saturated heterocycles. The molecule has 0 aromatic heterocycles. The third-order valence-corrected chi connectivity index (χ3v) is 1.43. The van der Waals surface area contributed by atoms with Gasteiger partial charge in [0.2, 0.25) is 5.78 Å². The second-order valence-corrected chi connectivity index (χ2v) is 2.40. The van der Waals surface area contributed by atoms with Gasteiger partial charge in [0, 0.05) is 0 Å². The van der Waals surface area contributed by atoms with Crippen LogP contribution < -0.4 is 5.11 Å². The van der Waals surface area contributed by atoms with Crippen molar-refractivity contribution >= 4 is 17.8 Å². The topological polar surface area (TPSA) is 57.2 Å². The van der Waals surface area contributed by atoms with Gasteiger partial charge in [-0.1, -0.05) is 36.4 Å². The van der Waals surface area contributed by atoms with Crippen molar-refractivity contribution in [2.24, 2.45) is 0 Å². The molecular weight excluding hydrogens is 168 g/mol. The van der Waals surface area contributed by atoms with E-state index in [1.807, 2.05) is 6.07 Å². The maximum Gasteiger partial charge on any atom is 0.201 e. The number of hydrogen-bond donors (Lipinski definition) is 0. The highest BCUT2D eigenvalue weighted by Gasteiger charge is 1.94. The van der Waals surface area contributed by atoms with E-state index in [-0.39, 0.29) is 0 Å². The van der Waals surface area contributed by atoms with Gasteiger partial charge in [-0.15, -0.1) is 0 Å². The minimum Gasteiger partial charge on any atom is -0.541 e. The van der Waals surface area contributed by atoms with E-state index in [0.717, 1.165) is 11.6 Å². The lowest BCUT2D eigenvalue weighted by Gasteiger charge is -1.93. The van der Waals surface area contributed by atoms with Crippen molar-refractivity contribution in [1.29, 1.82) is 0 Å². The highest BCUT2D eigenvalue weighted by molar-refractivity contribution is 6.37. The molecule has 3 heteroatoms. The molecule has 13 heavy (non-hydrogen) atoms. The largest absolute Gasteiger partial charge is 0.541 e. The lowest BCUT2D eigenvalue weighted by Crippen LogP contribution is -2.29. The van der Waals surface area contributed by atoms with Crippen LogP contribution in [0.15, 0.2) is 36.4 Å². The highest BCUT2D eigenvalue weighted by Crippen LogP contribution is 2.00. The molecule has 0 saturated carbocycles. The van der Waals surface area contributed by atoms with Gasteiger partial charge in [-0.05, 0) is 11.6 Å². The van der Waals surface area contributed by atoms with Crippen molar-refractivity contribution in [3.8, 4) is 0 Å². The van der Waals surface area contributed by atoms with Crippen LogP contribution in [0, 0.1) is 0 Å². The summed E-state index contributed by atoms with van der Waals surface area (Å²) in [6.07, 6.45) is 2.41. The van der Waals surface area contributed by atoms with E-state index in [1.54, 1.807) is 24.3 Å². The SMILES string of the molecule is O=C([O-])C(=O)/C=C/c1ccccc1. The summed E-state index contributed by atoms with van der Waals surface area (Å²) in [5.41, 5.74) is 0.775. The van der Waals surface area contributed by atoms with Gasteiger partial charge in [0.05, 0.1) is 0 Å². The van der Waals surface area contributed by atoms with Gasteiger partial charge in [-0.25, -0.2) is 0 Å². The molecule has 0 bridgehead atoms. The number of hydrogen-bond acceptors (Lipinski definition) is 3. The smallest absolute Gasteiger partial charge is 0.201 e. The lowest BCUT2D eigenvalue weighted by atomic mass is 10.2. The molecule has 0 aliphatic carbocycles. The molecule has 1 aromatic rings. The first-order chi connectivity index (χ1) is 6.20. The van der Waals surface area contributed by atoms with E-state index in [0.29, 0.717) is 0 Å². The van der Waals surface area contributed by atoms with Crippen LogP contribution in [0.25, 0.3) is 6.08 Å². The molecule has 1 aromatic carbocycles. The summed E-state index contributed by atoms with van der Waals surface area (Å²) >= 11 is 0. The Hall–Kier alpha value is -1.90. The average molecular weight is 175 g/mol. The van der Waals surface area contributed by atoms with Gasteiger partial charge in [-0.3, -0.25) is 4.79 Å². The summed E-state index contributed by atoms with van der Waals surface area (Å²) in [5.74, 6) is -2.71. The summed E-state index contributed by atoms with van der Waals surface area (Å²) in [4.78, 5) is 20.6. The van der Waals surface area contributed by atoms with E-state index < -0.39 is 11.8 Å². The molecule has 66 valence electrons. The van der Waals surface area contributed by atoms with Crippen molar-refractivity contribution in [2.45, 2.75) is 0 Å². The van der Waals surface area contributed by atoms with Gasteiger partial charge >= 0.3 is 0 Å². The van der Waals surface area contributed by atoms with Crippen LogP contribution in [0.4, 0.5) is 0 Å². The van der Waals surface area contributed by atoms with Crippen LogP contribution in [0.3, 0.4) is 0 Å². The average Bonchev–Trinajstić information content (AvgIpc) is 2.15. The first kappa shape index (κ1) is 9.19. The van der Waals surface area contributed by atoms with E-state index in [1.165, 1.54) is 6.08 Å². The Labute approximate surface area is 75.3 Å². The molecule has 0 radical (unpaired) electrons. The van der Waals surface area contributed by atoms with Crippen LogP contribution in [-0.2, 0) is 9.59 Å². The summed E-state index contributed by atoms with van der Waals surface area (Å²) in [7, 11) is 0. The molecule has 0 spiro atoms. The molecule has 0 unspecified atom stereocenters. The predicted molar refractivity (Wildman–Crippen MR) is 45.5 cm³/mol. The maximum atomic E-state index is 10.6. The van der Waals surface area contributed by atoms with Gasteiger partial charge < -0.3 is 9.90 Å². The minimum atomic E-state index is -1.69. The molecule has 0 fully saturated rings. The molecule has 1 rings (SSSR count). The molecule has 0 aliphatic rings. The highest BCUT2D eigenvalue weighted by atomic mass is 16.4. The molecular formula is C10H7O3-. The monoisotopic (exact) mass is 175 g/mol. The Kier molecular flexibility index (Phi) is 2.97. The number of carbonyl (C=O) groups excluding carboxylic acids is 2. The minimum absolute atomic E-state index is 0.775. The van der Waals surface area contributed by atoms with Crippen molar-refractivity contribution in [1.82, 2.24) is 0 Å². The van der Waals surface area contributed by atoms with Crippen LogP contribution in [-0.4, -0.2) is 11.8 Å². The van der Waals surface area contributed by atoms with E-state index in [9.17, 15) is 14.7 Å². The molecule has 0 atom stereocenters. The number of aliphatic carboxylic acids is 1. The third kappa shape index (κ3) is 2.91. The van der Waals surface area contributed by atoms with E-state index in [4.69, 9.17) is 0 Å². The van der Waals surface area contributed by atoms with Crippen molar-refractivity contribution in [2.75, 3.05) is 0 Å². The normalized spacial score (nSPS) is 10.2. The molecule has 0 N–H and O–H groups in total. The second-order valence-electron chi connectivity index (χ2n) is 2.40. The lowest BCUT2D eigenvalue weighted by molar-refractivity contribution is -0.299. The Morgan fingerprint density at radius 3 is 2.31 bits per heavy atom. The Morgan fingerprint density at radius 1 is 1.15 bits per heavy atom. The fourth-order valence-electron chi connectivity index (χ4n) is 0.804. The first-order valence-corrected chi connectivity index (χ1v) is 3.68. The van der Waals surface area contributed by atoms with Gasteiger partial charge in [0.15, 0.2) is 0 Å². The summed E-state index contributed by atoms with van der Waals surface area (Å²) in [6, 6.07) is 8.95. The summed E-state index contributed by atoms with van der Waals surface area (Å²) in [6.45, 7) is 0. The number of ketones is 1. The number of carboxylic acid groups (broad SMARTS) is 1. The third-order valence-electron chi connectivity index (χ3n) is 1.43. The number of carboxylic acids is 1. The van der Waals surface area contributed by atoms with Gasteiger partial charge in [0.25, 0.3) is 0 Å². The Bertz CT molecular complexity index is 338. The summed E-state index contributed by atoms with van der Waals surface area (Å²) in [5, 5.41) is 10.0. The van der Waals surface area contributed by atoms with Gasteiger partial charge in [0.1, 0.15) is 5.97 Å². The molecule has 0 heterocycles. The van der Waals surface area contributed by atoms with Crippen LogP contribution in [0.5, 0.6) is 0 Å². The zero-order valence-electron chi connectivity index (χ0n) is 6.77. The number of benzene rings is 1. The van der Waals surface area contributed by atoms with Crippen molar-refractivity contribution in [3.05, 3.63) is 42.0 Å². The van der Waals surface area contributed by atoms with Crippen LogP contribution in [0.2, 0.25) is 0 Å². The standard InChI is InChI=1S/C10H8O3/c11-9(10(12)13)7-6-8-4-2-1-3-5-8/h1-7H,(H,12,13)/p-1/b7-6+. The number of rotatable bonds is 3. The molecule has 0 aliphatic heterocycles. The van der Waals surface area contributed by atoms with Crippen molar-refractivity contribution in [3.63, 3.8) is 0 Å². The van der Waals surface area contributed by atoms with Crippen molar-refractivity contribution < 1.29 is 14.7 Å². The fraction of sp³-hybridized carbons (Fsp3) is 0. The van der Waals surface area contributed by atoms with E-state index >= 15 is 0 Å². The molecule has 3 nitrogen and oxygen atoms in total. The fourth-order valence-corrected chi connectivity index (χ4v) is 0.804. The predicted octanol–water partition coefficient (Wildman–Crippen LogP) is 0.0188. The Balaban J connectivity index is 2.70. The van der Waals surface area contributed by atoms with Crippen LogP contribution >= 0.6 is 0 Å². The molecule has 0 amide bonds. The maximum absolute atomic E-state index is 10.6. The van der Waals surface area contributed by atoms with Gasteiger partial charge in [-0.2, -0.15) is 0 Å². The first-order valence-electron chi connectivity index (χ1n) is 3.68. The second kappa shape index (κ2) is 4.21. The summed E-state index contributed by atoms with van der Waals surface area (Å²) < 4.78 is 0. The van der Waals surface area contributed by atoms with E-state index in [2.05, 4.69) is 0 Å². The zero-order chi connectivity index (χ0) is 9.68. The Morgan fingerprint density at radius 2 is 1.77 bits per heavy atom. The quantitative estimate of drug-likeness (QED) is 0.480.